The zero-order chi connectivity index (χ0) is 13.4. The molecule has 4 heteroatoms. The summed E-state index contributed by atoms with van der Waals surface area (Å²) >= 11 is 0. The van der Waals surface area contributed by atoms with Gasteiger partial charge >= 0.3 is 0 Å². The van der Waals surface area contributed by atoms with Crippen LogP contribution in [0.3, 0.4) is 0 Å². The molecule has 1 aromatic carbocycles. The molecule has 0 saturated heterocycles. The van der Waals surface area contributed by atoms with Crippen LogP contribution in [0.2, 0.25) is 0 Å². The molecule has 100 valence electrons. The van der Waals surface area contributed by atoms with Crippen molar-refractivity contribution < 1.29 is 13.9 Å². The van der Waals surface area contributed by atoms with Gasteiger partial charge in [-0.15, -0.1) is 0 Å². The fraction of sp³-hybridized carbons (Fsp3) is 0.429. The van der Waals surface area contributed by atoms with Crippen molar-refractivity contribution >= 4 is 15.8 Å². The highest BCUT2D eigenvalue weighted by Crippen LogP contribution is 2.20. The number of rotatable bonds is 8. The van der Waals surface area contributed by atoms with Gasteiger partial charge in [-0.2, -0.15) is 0 Å². The van der Waals surface area contributed by atoms with Crippen molar-refractivity contribution in [1.29, 1.82) is 0 Å². The Morgan fingerprint density at radius 2 is 1.94 bits per heavy atom. The van der Waals surface area contributed by atoms with Gasteiger partial charge in [0.25, 0.3) is 0 Å². The van der Waals surface area contributed by atoms with Crippen LogP contribution in [0, 0.1) is 0 Å². The van der Waals surface area contributed by atoms with E-state index in [1.54, 1.807) is 14.2 Å². The lowest BCUT2D eigenvalue weighted by molar-refractivity contribution is -0.0529. The molecule has 0 aliphatic heterocycles. The third kappa shape index (κ3) is 4.38. The van der Waals surface area contributed by atoms with E-state index in [9.17, 15) is 0 Å². The van der Waals surface area contributed by atoms with E-state index < -0.39 is 9.76 Å². The lowest BCUT2D eigenvalue weighted by Gasteiger charge is -2.17. The van der Waals surface area contributed by atoms with Crippen LogP contribution in [-0.4, -0.2) is 36.5 Å². The monoisotopic (exact) mass is 266 g/mol. The van der Waals surface area contributed by atoms with E-state index >= 15 is 0 Å². The highest BCUT2D eigenvalue weighted by atomic mass is 28.2. The van der Waals surface area contributed by atoms with E-state index in [0.717, 1.165) is 0 Å². The molecule has 0 bridgehead atoms. The second-order valence-electron chi connectivity index (χ2n) is 4.17. The van der Waals surface area contributed by atoms with Crippen LogP contribution in [0.25, 0.3) is 6.08 Å². The largest absolute Gasteiger partial charge is 0.418 e. The van der Waals surface area contributed by atoms with E-state index in [1.807, 2.05) is 18.2 Å². The molecule has 0 radical (unpaired) electrons. The van der Waals surface area contributed by atoms with Crippen LogP contribution >= 0.6 is 0 Å². The first-order valence-corrected chi connectivity index (χ1v) is 7.47. The summed E-state index contributed by atoms with van der Waals surface area (Å²) in [5, 5.41) is 0. The van der Waals surface area contributed by atoms with Crippen LogP contribution in [0.4, 0.5) is 0 Å². The molecule has 3 nitrogen and oxygen atoms in total. The van der Waals surface area contributed by atoms with Gasteiger partial charge in [0.2, 0.25) is 9.76 Å². The Hall–Kier alpha value is -0.943. The maximum absolute atomic E-state index is 5.75. The second kappa shape index (κ2) is 8.21. The molecule has 0 aromatic heterocycles. The minimum atomic E-state index is -0.811. The Balaban J connectivity index is 2.50. The number of hydrogen-bond donors (Lipinski definition) is 0. The van der Waals surface area contributed by atoms with Gasteiger partial charge in [-0.1, -0.05) is 43.8 Å². The van der Waals surface area contributed by atoms with Crippen molar-refractivity contribution in [2.75, 3.05) is 20.8 Å². The Morgan fingerprint density at radius 1 is 1.28 bits per heavy atom. The van der Waals surface area contributed by atoms with Crippen molar-refractivity contribution in [2.24, 2.45) is 0 Å². The van der Waals surface area contributed by atoms with E-state index in [-0.39, 0.29) is 5.91 Å². The first kappa shape index (κ1) is 15.1. The van der Waals surface area contributed by atoms with Crippen molar-refractivity contribution in [3.63, 3.8) is 0 Å². The lowest BCUT2D eigenvalue weighted by atomic mass is 9.96. The van der Waals surface area contributed by atoms with Crippen LogP contribution in [0.5, 0.6) is 0 Å². The summed E-state index contributed by atoms with van der Waals surface area (Å²) in [7, 11) is 2.47. The lowest BCUT2D eigenvalue weighted by Crippen LogP contribution is -2.25. The van der Waals surface area contributed by atoms with Gasteiger partial charge in [-0.05, 0) is 11.1 Å². The van der Waals surface area contributed by atoms with Crippen molar-refractivity contribution in [3.8, 4) is 0 Å². The highest BCUT2D eigenvalue weighted by Gasteiger charge is 2.11. The fourth-order valence-electron chi connectivity index (χ4n) is 1.81. The zero-order valence-electron chi connectivity index (χ0n) is 11.4. The van der Waals surface area contributed by atoms with Crippen LogP contribution < -0.4 is 0 Å². The van der Waals surface area contributed by atoms with Gasteiger partial charge in [0.15, 0.2) is 5.91 Å². The summed E-state index contributed by atoms with van der Waals surface area (Å²) in [5.41, 5.74) is 2.44. The summed E-state index contributed by atoms with van der Waals surface area (Å²) in [6, 6.07) is 8.26. The molecule has 0 saturated carbocycles. The van der Waals surface area contributed by atoms with Gasteiger partial charge in [0.1, 0.15) is 0 Å². The number of methoxy groups -OCH3 is 2. The molecular weight excluding hydrogens is 244 g/mol. The second-order valence-corrected chi connectivity index (χ2v) is 5.58. The minimum absolute atomic E-state index is 0.160. The summed E-state index contributed by atoms with van der Waals surface area (Å²) in [6.45, 7) is 6.69. The summed E-state index contributed by atoms with van der Waals surface area (Å²) in [6.07, 6.45) is 1.89. The number of ether oxygens (including phenoxy) is 2. The quantitative estimate of drug-likeness (QED) is 0.533. The van der Waals surface area contributed by atoms with Crippen LogP contribution in [0.15, 0.2) is 30.8 Å². The molecule has 0 aliphatic carbocycles. The Bertz CT molecular complexity index is 364. The Kier molecular flexibility index (Phi) is 6.89. The smallest absolute Gasteiger partial charge is 0.223 e. The normalized spacial score (nSPS) is 13.3. The van der Waals surface area contributed by atoms with E-state index in [1.165, 1.54) is 11.1 Å². The average molecular weight is 266 g/mol. The molecule has 1 unspecified atom stereocenters. The first-order chi connectivity index (χ1) is 8.72. The van der Waals surface area contributed by atoms with Crippen LogP contribution in [-0.2, 0) is 13.9 Å². The SMILES string of the molecule is C=Cc1ccccc1C(C)CO[SiH2]C(OC)OC. The Labute approximate surface area is 112 Å². The highest BCUT2D eigenvalue weighted by molar-refractivity contribution is 6.28. The molecule has 0 aliphatic rings. The Morgan fingerprint density at radius 3 is 2.56 bits per heavy atom. The van der Waals surface area contributed by atoms with Gasteiger partial charge in [-0.25, -0.2) is 0 Å². The standard InChI is InChI=1S/C14H22O3Si/c1-5-12-8-6-7-9-13(12)11(2)10-17-18-14(15-3)16-4/h5-9,11,14H,1,10,18H2,2-4H3. The molecule has 0 spiro atoms. The van der Waals surface area contributed by atoms with E-state index in [4.69, 9.17) is 13.9 Å². The molecule has 1 rings (SSSR count). The molecule has 1 atom stereocenters. The van der Waals surface area contributed by atoms with Crippen molar-refractivity contribution in [1.82, 2.24) is 0 Å². The van der Waals surface area contributed by atoms with Crippen molar-refractivity contribution in [2.45, 2.75) is 18.8 Å². The van der Waals surface area contributed by atoms with Gasteiger partial charge in [-0.3, -0.25) is 0 Å². The van der Waals surface area contributed by atoms with Gasteiger partial charge < -0.3 is 13.9 Å². The summed E-state index contributed by atoms with van der Waals surface area (Å²) in [4.78, 5) is 0. The van der Waals surface area contributed by atoms with E-state index in [2.05, 4.69) is 25.6 Å². The van der Waals surface area contributed by atoms with Crippen molar-refractivity contribution in [3.05, 3.63) is 42.0 Å². The predicted molar refractivity (Wildman–Crippen MR) is 77.3 cm³/mol. The average Bonchev–Trinajstić information content (AvgIpc) is 2.43. The molecule has 0 N–H and O–H groups in total. The molecular formula is C14H22O3Si. The van der Waals surface area contributed by atoms with Crippen LogP contribution in [0.1, 0.15) is 24.0 Å². The maximum Gasteiger partial charge on any atom is 0.223 e. The topological polar surface area (TPSA) is 27.7 Å². The van der Waals surface area contributed by atoms with Gasteiger partial charge in [0.05, 0.1) is 0 Å². The number of benzene rings is 1. The zero-order valence-corrected chi connectivity index (χ0v) is 12.8. The summed E-state index contributed by atoms with van der Waals surface area (Å²) < 4.78 is 16.0. The molecule has 0 heterocycles. The predicted octanol–water partition coefficient (Wildman–Crippen LogP) is 2.11. The molecule has 0 fully saturated rings. The fourth-order valence-corrected chi connectivity index (χ4v) is 2.76. The van der Waals surface area contributed by atoms with Gasteiger partial charge in [0, 0.05) is 26.7 Å². The molecule has 1 aromatic rings. The maximum atomic E-state index is 5.75. The molecule has 18 heavy (non-hydrogen) atoms. The third-order valence-electron chi connectivity index (χ3n) is 2.89. The molecule has 0 amide bonds. The van der Waals surface area contributed by atoms with E-state index in [0.29, 0.717) is 12.5 Å². The minimum Gasteiger partial charge on any atom is -0.418 e. The third-order valence-corrected chi connectivity index (χ3v) is 4.30. The summed E-state index contributed by atoms with van der Waals surface area (Å²) in [5.74, 6) is 0.188. The number of hydrogen-bond acceptors (Lipinski definition) is 3. The first-order valence-electron chi connectivity index (χ1n) is 6.07.